The number of rotatable bonds is 4. The minimum absolute atomic E-state index is 0.103. The molecule has 0 spiro atoms. The van der Waals surface area contributed by atoms with E-state index in [2.05, 4.69) is 58.0 Å². The molecule has 1 unspecified atom stereocenters. The Hall–Kier alpha value is -1.80. The molecule has 2 rings (SSSR count). The molecule has 1 atom stereocenters. The van der Waals surface area contributed by atoms with E-state index >= 15 is 0 Å². The van der Waals surface area contributed by atoms with E-state index in [4.69, 9.17) is 10.5 Å². The number of nitrogens with two attached hydrogens (primary N) is 1. The molecule has 0 aromatic heterocycles. The smallest absolute Gasteiger partial charge is 0.125 e. The fourth-order valence-corrected chi connectivity index (χ4v) is 2.45. The van der Waals surface area contributed by atoms with Crippen LogP contribution >= 0.6 is 0 Å². The number of ether oxygens (including phenoxy) is 1. The van der Waals surface area contributed by atoms with E-state index in [1.807, 2.05) is 6.07 Å². The molecule has 0 aliphatic rings. The first kappa shape index (κ1) is 14.6. The molecule has 20 heavy (non-hydrogen) atoms. The van der Waals surface area contributed by atoms with E-state index in [0.717, 1.165) is 22.4 Å². The lowest BCUT2D eigenvalue weighted by molar-refractivity contribution is 0.286. The maximum Gasteiger partial charge on any atom is 0.125 e. The van der Waals surface area contributed by atoms with Gasteiger partial charge < -0.3 is 10.5 Å². The summed E-state index contributed by atoms with van der Waals surface area (Å²) < 4.78 is 5.95. The van der Waals surface area contributed by atoms with Crippen molar-refractivity contribution in [3.05, 3.63) is 64.2 Å². The predicted molar refractivity (Wildman–Crippen MR) is 84.3 cm³/mol. The summed E-state index contributed by atoms with van der Waals surface area (Å²) in [5, 5.41) is 0. The number of hydrogen-bond donors (Lipinski definition) is 1. The molecule has 0 aliphatic heterocycles. The summed E-state index contributed by atoms with van der Waals surface area (Å²) in [7, 11) is 0. The second-order valence-corrected chi connectivity index (χ2v) is 5.50. The Morgan fingerprint density at radius 2 is 1.60 bits per heavy atom. The highest BCUT2D eigenvalue weighted by atomic mass is 16.5. The third-order valence-corrected chi connectivity index (χ3v) is 3.65. The van der Waals surface area contributed by atoms with Gasteiger partial charge in [0.1, 0.15) is 12.4 Å². The van der Waals surface area contributed by atoms with Crippen LogP contribution in [0.3, 0.4) is 0 Å². The van der Waals surface area contributed by atoms with Crippen LogP contribution in [-0.4, -0.2) is 6.61 Å². The Bertz CT molecular complexity index is 584. The molecule has 2 nitrogen and oxygen atoms in total. The molecular weight excluding hydrogens is 246 g/mol. The van der Waals surface area contributed by atoms with Crippen molar-refractivity contribution >= 4 is 0 Å². The highest BCUT2D eigenvalue weighted by Crippen LogP contribution is 2.24. The number of aryl methyl sites for hydroxylation is 4. The Balaban J connectivity index is 2.13. The first-order valence-electron chi connectivity index (χ1n) is 7.01. The predicted octanol–water partition coefficient (Wildman–Crippen LogP) is 4.00. The molecule has 0 saturated heterocycles. The SMILES string of the molecule is Cc1ccc(C)c(C(N)COc2c(C)cccc2C)c1. The summed E-state index contributed by atoms with van der Waals surface area (Å²) in [5.74, 6) is 0.952. The van der Waals surface area contributed by atoms with Crippen LogP contribution < -0.4 is 10.5 Å². The van der Waals surface area contributed by atoms with E-state index in [0.29, 0.717) is 6.61 Å². The van der Waals surface area contributed by atoms with Crippen molar-refractivity contribution < 1.29 is 4.74 Å². The van der Waals surface area contributed by atoms with Gasteiger partial charge in [0.2, 0.25) is 0 Å². The Morgan fingerprint density at radius 1 is 0.950 bits per heavy atom. The Morgan fingerprint density at radius 3 is 2.25 bits per heavy atom. The molecule has 2 heteroatoms. The largest absolute Gasteiger partial charge is 0.491 e. The number of para-hydroxylation sites is 1. The van der Waals surface area contributed by atoms with Crippen LogP contribution in [0.25, 0.3) is 0 Å². The molecule has 0 bridgehead atoms. The number of hydrogen-bond acceptors (Lipinski definition) is 2. The van der Waals surface area contributed by atoms with Gasteiger partial charge >= 0.3 is 0 Å². The van der Waals surface area contributed by atoms with Gasteiger partial charge in [0, 0.05) is 0 Å². The van der Waals surface area contributed by atoms with Crippen LogP contribution in [-0.2, 0) is 0 Å². The van der Waals surface area contributed by atoms with Crippen molar-refractivity contribution in [3.8, 4) is 5.75 Å². The summed E-state index contributed by atoms with van der Waals surface area (Å²) in [4.78, 5) is 0. The third-order valence-electron chi connectivity index (χ3n) is 3.65. The molecule has 0 saturated carbocycles. The standard InChI is InChI=1S/C18H23NO/c1-12-8-9-13(2)16(10-12)17(19)11-20-18-14(3)6-5-7-15(18)4/h5-10,17H,11,19H2,1-4H3. The zero-order valence-electron chi connectivity index (χ0n) is 12.7. The molecule has 2 aromatic carbocycles. The second-order valence-electron chi connectivity index (χ2n) is 5.50. The molecule has 0 fully saturated rings. The zero-order valence-corrected chi connectivity index (χ0v) is 12.7. The maximum absolute atomic E-state index is 6.29. The number of benzene rings is 2. The molecule has 0 amide bonds. The third kappa shape index (κ3) is 3.20. The van der Waals surface area contributed by atoms with Crippen molar-refractivity contribution in [1.29, 1.82) is 0 Å². The Labute approximate surface area is 121 Å². The highest BCUT2D eigenvalue weighted by molar-refractivity contribution is 5.40. The summed E-state index contributed by atoms with van der Waals surface area (Å²) in [6.07, 6.45) is 0. The normalized spacial score (nSPS) is 12.2. The first-order valence-corrected chi connectivity index (χ1v) is 7.01. The molecule has 2 N–H and O–H groups in total. The summed E-state index contributed by atoms with van der Waals surface area (Å²) in [6, 6.07) is 12.4. The quantitative estimate of drug-likeness (QED) is 0.910. The second kappa shape index (κ2) is 6.10. The first-order chi connectivity index (χ1) is 9.49. The van der Waals surface area contributed by atoms with E-state index in [9.17, 15) is 0 Å². The average Bonchev–Trinajstić information content (AvgIpc) is 2.40. The van der Waals surface area contributed by atoms with Gasteiger partial charge in [-0.15, -0.1) is 0 Å². The van der Waals surface area contributed by atoms with E-state index in [1.165, 1.54) is 11.1 Å². The highest BCUT2D eigenvalue weighted by Gasteiger charge is 2.11. The molecule has 2 aromatic rings. The summed E-state index contributed by atoms with van der Waals surface area (Å²) in [5.41, 5.74) is 12.2. The van der Waals surface area contributed by atoms with Gasteiger partial charge in [-0.3, -0.25) is 0 Å². The topological polar surface area (TPSA) is 35.2 Å². The minimum Gasteiger partial charge on any atom is -0.491 e. The molecule has 106 valence electrons. The Kier molecular flexibility index (Phi) is 4.46. The van der Waals surface area contributed by atoms with Gasteiger partial charge in [-0.25, -0.2) is 0 Å². The lowest BCUT2D eigenvalue weighted by atomic mass is 10.00. The van der Waals surface area contributed by atoms with Gasteiger partial charge in [0.15, 0.2) is 0 Å². The van der Waals surface area contributed by atoms with Gasteiger partial charge in [0.05, 0.1) is 6.04 Å². The lowest BCUT2D eigenvalue weighted by Gasteiger charge is -2.18. The minimum atomic E-state index is -0.103. The van der Waals surface area contributed by atoms with Gasteiger partial charge in [-0.1, -0.05) is 42.0 Å². The van der Waals surface area contributed by atoms with Gasteiger partial charge in [-0.05, 0) is 49.9 Å². The van der Waals surface area contributed by atoms with Crippen molar-refractivity contribution in [2.24, 2.45) is 5.73 Å². The average molecular weight is 269 g/mol. The van der Waals surface area contributed by atoms with E-state index in [1.54, 1.807) is 0 Å². The fourth-order valence-electron chi connectivity index (χ4n) is 2.45. The fraction of sp³-hybridized carbons (Fsp3) is 0.333. The summed E-state index contributed by atoms with van der Waals surface area (Å²) >= 11 is 0. The van der Waals surface area contributed by atoms with Crippen molar-refractivity contribution in [2.45, 2.75) is 33.7 Å². The van der Waals surface area contributed by atoms with Crippen LogP contribution in [0, 0.1) is 27.7 Å². The monoisotopic (exact) mass is 269 g/mol. The molecule has 0 heterocycles. The van der Waals surface area contributed by atoms with Crippen LogP contribution in [0.4, 0.5) is 0 Å². The van der Waals surface area contributed by atoms with Gasteiger partial charge in [-0.2, -0.15) is 0 Å². The van der Waals surface area contributed by atoms with E-state index < -0.39 is 0 Å². The molecule has 0 radical (unpaired) electrons. The van der Waals surface area contributed by atoms with Crippen molar-refractivity contribution in [3.63, 3.8) is 0 Å². The van der Waals surface area contributed by atoms with Crippen LogP contribution in [0.2, 0.25) is 0 Å². The lowest BCUT2D eigenvalue weighted by Crippen LogP contribution is -2.20. The van der Waals surface area contributed by atoms with Crippen LogP contribution in [0.5, 0.6) is 5.75 Å². The van der Waals surface area contributed by atoms with Crippen LogP contribution in [0.1, 0.15) is 33.9 Å². The summed E-state index contributed by atoms with van der Waals surface area (Å²) in [6.45, 7) is 8.79. The molecule has 0 aliphatic carbocycles. The van der Waals surface area contributed by atoms with Crippen LogP contribution in [0.15, 0.2) is 36.4 Å². The van der Waals surface area contributed by atoms with E-state index in [-0.39, 0.29) is 6.04 Å². The van der Waals surface area contributed by atoms with Crippen molar-refractivity contribution in [1.82, 2.24) is 0 Å². The van der Waals surface area contributed by atoms with Gasteiger partial charge in [0.25, 0.3) is 0 Å². The maximum atomic E-state index is 6.29. The zero-order chi connectivity index (χ0) is 14.7. The van der Waals surface area contributed by atoms with Crippen molar-refractivity contribution in [2.75, 3.05) is 6.61 Å². The molecular formula is C18H23NO.